The first-order chi connectivity index (χ1) is 9.73. The fourth-order valence-electron chi connectivity index (χ4n) is 2.22. The summed E-state index contributed by atoms with van der Waals surface area (Å²) < 4.78 is 28.2. The minimum absolute atomic E-state index is 0.295. The van der Waals surface area contributed by atoms with Crippen LogP contribution in [-0.4, -0.2) is 32.9 Å². The topological polar surface area (TPSA) is 49.4 Å². The van der Waals surface area contributed by atoms with Crippen molar-refractivity contribution in [2.45, 2.75) is 39.1 Å². The van der Waals surface area contributed by atoms with Crippen molar-refractivity contribution in [3.8, 4) is 0 Å². The molecule has 0 aliphatic carbocycles. The van der Waals surface area contributed by atoms with Gasteiger partial charge in [-0.1, -0.05) is 36.7 Å². The molecule has 1 rings (SSSR count). The molecule has 0 unspecified atom stereocenters. The molecule has 4 nitrogen and oxygen atoms in total. The molecule has 1 N–H and O–H groups in total. The predicted octanol–water partition coefficient (Wildman–Crippen LogP) is 3.14. The lowest BCUT2D eigenvalue weighted by Gasteiger charge is -2.24. The fraction of sp³-hybridized carbons (Fsp3) is 0.600. The third-order valence-electron chi connectivity index (χ3n) is 3.28. The van der Waals surface area contributed by atoms with Gasteiger partial charge in [0.1, 0.15) is 0 Å². The van der Waals surface area contributed by atoms with E-state index >= 15 is 0 Å². The summed E-state index contributed by atoms with van der Waals surface area (Å²) in [6.45, 7) is 9.42. The van der Waals surface area contributed by atoms with Crippen molar-refractivity contribution >= 4 is 26.0 Å². The van der Waals surface area contributed by atoms with Crippen LogP contribution in [0.1, 0.15) is 31.9 Å². The summed E-state index contributed by atoms with van der Waals surface area (Å²) >= 11 is 3.47. The molecule has 0 bridgehead atoms. The minimum atomic E-state index is -3.46. The molecular weight excluding hydrogens is 352 g/mol. The first kappa shape index (κ1) is 18.6. The van der Waals surface area contributed by atoms with Crippen LogP contribution in [0.3, 0.4) is 0 Å². The quantitative estimate of drug-likeness (QED) is 0.794. The molecule has 0 spiro atoms. The summed E-state index contributed by atoms with van der Waals surface area (Å²) in [5.41, 5.74) is 1.71. The number of sulfonamides is 1. The molecule has 6 heteroatoms. The number of nitrogens with zero attached hydrogens (tertiary/aromatic N) is 1. The maximum Gasteiger partial charge on any atom is 0.243 e. The molecule has 0 fully saturated rings. The summed E-state index contributed by atoms with van der Waals surface area (Å²) in [6, 6.07) is 3.73. The molecule has 1 aromatic carbocycles. The molecule has 0 aliphatic heterocycles. The monoisotopic (exact) mass is 376 g/mol. The lowest BCUT2D eigenvalue weighted by Crippen LogP contribution is -2.34. The second-order valence-electron chi connectivity index (χ2n) is 5.58. The van der Waals surface area contributed by atoms with Crippen LogP contribution in [0.15, 0.2) is 21.5 Å². The van der Waals surface area contributed by atoms with Gasteiger partial charge in [-0.2, -0.15) is 4.31 Å². The molecule has 0 radical (unpaired) electrons. The van der Waals surface area contributed by atoms with Gasteiger partial charge < -0.3 is 5.32 Å². The number of rotatable bonds is 7. The van der Waals surface area contributed by atoms with Gasteiger partial charge in [0.25, 0.3) is 0 Å². The van der Waals surface area contributed by atoms with Crippen LogP contribution in [0, 0.1) is 12.8 Å². The molecule has 120 valence electrons. The Morgan fingerprint density at radius 3 is 2.43 bits per heavy atom. The standard InChI is InChI=1S/C15H25BrN2O2S/c1-6-18(10-11(2)3)21(19,20)15-8-13(9-17-5)7-14(16)12(15)4/h7-8,11,17H,6,9-10H2,1-5H3. The smallest absolute Gasteiger partial charge is 0.243 e. The van der Waals surface area contributed by atoms with E-state index in [0.29, 0.717) is 30.4 Å². The molecule has 0 heterocycles. The van der Waals surface area contributed by atoms with Crippen LogP contribution in [-0.2, 0) is 16.6 Å². The Labute approximate surface area is 137 Å². The SMILES string of the molecule is CCN(CC(C)C)S(=O)(=O)c1cc(CNC)cc(Br)c1C. The molecular formula is C15H25BrN2O2S. The van der Waals surface area contributed by atoms with E-state index < -0.39 is 10.0 Å². The van der Waals surface area contributed by atoms with Gasteiger partial charge in [0.05, 0.1) is 4.90 Å². The van der Waals surface area contributed by atoms with E-state index in [1.54, 1.807) is 10.4 Å². The largest absolute Gasteiger partial charge is 0.316 e. The number of hydrogen-bond acceptors (Lipinski definition) is 3. The lowest BCUT2D eigenvalue weighted by molar-refractivity contribution is 0.380. The van der Waals surface area contributed by atoms with Crippen molar-refractivity contribution in [3.63, 3.8) is 0 Å². The Morgan fingerprint density at radius 2 is 1.95 bits per heavy atom. The third-order valence-corrected chi connectivity index (χ3v) is 6.17. The Hall–Kier alpha value is -0.430. The highest BCUT2D eigenvalue weighted by molar-refractivity contribution is 9.10. The van der Waals surface area contributed by atoms with Gasteiger partial charge in [0.15, 0.2) is 0 Å². The average Bonchev–Trinajstić information content (AvgIpc) is 2.39. The van der Waals surface area contributed by atoms with Crippen molar-refractivity contribution in [2.75, 3.05) is 20.1 Å². The Balaban J connectivity index is 3.35. The van der Waals surface area contributed by atoms with Crippen molar-refractivity contribution in [2.24, 2.45) is 5.92 Å². The first-order valence-electron chi connectivity index (χ1n) is 7.17. The van der Waals surface area contributed by atoms with Crippen molar-refractivity contribution in [1.82, 2.24) is 9.62 Å². The average molecular weight is 377 g/mol. The van der Waals surface area contributed by atoms with Crippen molar-refractivity contribution in [1.29, 1.82) is 0 Å². The van der Waals surface area contributed by atoms with E-state index in [4.69, 9.17) is 0 Å². The van der Waals surface area contributed by atoms with E-state index in [2.05, 4.69) is 21.2 Å². The molecule has 0 aromatic heterocycles. The summed E-state index contributed by atoms with van der Waals surface area (Å²) in [4.78, 5) is 0.393. The molecule has 21 heavy (non-hydrogen) atoms. The lowest BCUT2D eigenvalue weighted by atomic mass is 10.1. The zero-order valence-electron chi connectivity index (χ0n) is 13.4. The molecule has 0 saturated heterocycles. The third kappa shape index (κ3) is 4.52. The Morgan fingerprint density at radius 1 is 1.33 bits per heavy atom. The number of halogens is 1. The van der Waals surface area contributed by atoms with Crippen molar-refractivity contribution < 1.29 is 8.42 Å². The highest BCUT2D eigenvalue weighted by atomic mass is 79.9. The summed E-state index contributed by atoms with van der Waals surface area (Å²) in [6.07, 6.45) is 0. The van der Waals surface area contributed by atoms with E-state index in [-0.39, 0.29) is 0 Å². The normalized spacial score (nSPS) is 12.4. The van der Waals surface area contributed by atoms with Crippen LogP contribution in [0.4, 0.5) is 0 Å². The van der Waals surface area contributed by atoms with Crippen LogP contribution < -0.4 is 5.32 Å². The van der Waals surface area contributed by atoms with Gasteiger partial charge in [-0.05, 0) is 43.1 Å². The molecule has 0 atom stereocenters. The zero-order chi connectivity index (χ0) is 16.2. The molecule has 0 saturated carbocycles. The van der Waals surface area contributed by atoms with Gasteiger partial charge in [-0.15, -0.1) is 0 Å². The van der Waals surface area contributed by atoms with Crippen LogP contribution in [0.5, 0.6) is 0 Å². The maximum absolute atomic E-state index is 12.9. The second kappa shape index (κ2) is 7.72. The van der Waals surface area contributed by atoms with Crippen LogP contribution in [0.25, 0.3) is 0 Å². The van der Waals surface area contributed by atoms with E-state index in [9.17, 15) is 8.42 Å². The van der Waals surface area contributed by atoms with E-state index in [1.165, 1.54) is 0 Å². The second-order valence-corrected chi connectivity index (χ2v) is 8.34. The van der Waals surface area contributed by atoms with Gasteiger partial charge in [0.2, 0.25) is 10.0 Å². The summed E-state index contributed by atoms with van der Waals surface area (Å²) in [5.74, 6) is 0.295. The number of nitrogens with one attached hydrogen (secondary N) is 1. The van der Waals surface area contributed by atoms with E-state index in [0.717, 1.165) is 15.6 Å². The Bertz CT molecular complexity index is 586. The highest BCUT2D eigenvalue weighted by Crippen LogP contribution is 2.28. The van der Waals surface area contributed by atoms with Gasteiger partial charge in [-0.25, -0.2) is 8.42 Å². The highest BCUT2D eigenvalue weighted by Gasteiger charge is 2.26. The molecule has 1 aromatic rings. The molecule has 0 amide bonds. The first-order valence-corrected chi connectivity index (χ1v) is 9.41. The minimum Gasteiger partial charge on any atom is -0.316 e. The van der Waals surface area contributed by atoms with Gasteiger partial charge in [-0.3, -0.25) is 0 Å². The van der Waals surface area contributed by atoms with Crippen LogP contribution >= 0.6 is 15.9 Å². The van der Waals surface area contributed by atoms with Crippen molar-refractivity contribution in [3.05, 3.63) is 27.7 Å². The number of benzene rings is 1. The number of hydrogen-bond donors (Lipinski definition) is 1. The fourth-order valence-corrected chi connectivity index (χ4v) is 4.77. The maximum atomic E-state index is 12.9. The summed E-state index contributed by atoms with van der Waals surface area (Å²) in [5, 5.41) is 3.06. The summed E-state index contributed by atoms with van der Waals surface area (Å²) in [7, 11) is -1.62. The predicted molar refractivity (Wildman–Crippen MR) is 90.9 cm³/mol. The van der Waals surface area contributed by atoms with E-state index in [1.807, 2.05) is 40.8 Å². The van der Waals surface area contributed by atoms with Gasteiger partial charge in [0, 0.05) is 24.1 Å². The van der Waals surface area contributed by atoms with Crippen LogP contribution in [0.2, 0.25) is 0 Å². The molecule has 0 aliphatic rings. The van der Waals surface area contributed by atoms with Gasteiger partial charge >= 0.3 is 0 Å². The Kier molecular flexibility index (Phi) is 6.84. The zero-order valence-corrected chi connectivity index (χ0v) is 15.8.